The predicted octanol–water partition coefficient (Wildman–Crippen LogP) is 3.39. The highest BCUT2D eigenvalue weighted by Gasteiger charge is 2.07. The number of rotatable bonds is 3. The maximum atomic E-state index is 13.1. The topological polar surface area (TPSA) is 26.0 Å². The van der Waals surface area contributed by atoms with Crippen LogP contribution in [-0.4, -0.2) is 0 Å². The number of nitrogens with two attached hydrogens (primary N) is 1. The van der Waals surface area contributed by atoms with E-state index < -0.39 is 0 Å². The van der Waals surface area contributed by atoms with E-state index in [1.54, 1.807) is 6.07 Å². The molecule has 0 saturated heterocycles. The van der Waals surface area contributed by atoms with E-state index in [4.69, 9.17) is 5.73 Å². The fourth-order valence-electron chi connectivity index (χ4n) is 1.22. The lowest BCUT2D eigenvalue weighted by molar-refractivity contribution is 0.600. The summed E-state index contributed by atoms with van der Waals surface area (Å²) in [4.78, 5) is 0. The molecule has 1 aromatic rings. The van der Waals surface area contributed by atoms with Gasteiger partial charge in [0.2, 0.25) is 0 Å². The van der Waals surface area contributed by atoms with Gasteiger partial charge in [0.25, 0.3) is 0 Å². The fraction of sp³-hybridized carbons (Fsp3) is 0.400. The minimum atomic E-state index is -0.246. The monoisotopic (exact) mass is 245 g/mol. The first-order chi connectivity index (χ1) is 6.15. The van der Waals surface area contributed by atoms with Gasteiger partial charge in [0, 0.05) is 6.04 Å². The lowest BCUT2D eigenvalue weighted by Gasteiger charge is -2.10. The molecule has 0 aromatic heterocycles. The van der Waals surface area contributed by atoms with Crippen LogP contribution in [0.4, 0.5) is 4.39 Å². The molecule has 1 rings (SSSR count). The van der Waals surface area contributed by atoms with Crippen LogP contribution < -0.4 is 5.73 Å². The van der Waals surface area contributed by atoms with Crippen molar-refractivity contribution in [3.8, 4) is 0 Å². The zero-order valence-electron chi connectivity index (χ0n) is 7.56. The van der Waals surface area contributed by atoms with Crippen LogP contribution in [0.3, 0.4) is 0 Å². The number of benzene rings is 1. The van der Waals surface area contributed by atoms with Crippen molar-refractivity contribution in [1.82, 2.24) is 0 Å². The van der Waals surface area contributed by atoms with Crippen molar-refractivity contribution in [2.75, 3.05) is 0 Å². The maximum Gasteiger partial charge on any atom is 0.137 e. The summed E-state index contributed by atoms with van der Waals surface area (Å²) in [5, 5.41) is 0. The van der Waals surface area contributed by atoms with Crippen LogP contribution in [-0.2, 0) is 0 Å². The zero-order valence-corrected chi connectivity index (χ0v) is 9.14. The van der Waals surface area contributed by atoms with E-state index >= 15 is 0 Å². The van der Waals surface area contributed by atoms with Crippen molar-refractivity contribution < 1.29 is 4.39 Å². The normalized spacial score (nSPS) is 12.9. The van der Waals surface area contributed by atoms with Gasteiger partial charge in [0.15, 0.2) is 0 Å². The molecule has 0 saturated carbocycles. The van der Waals surface area contributed by atoms with Crippen molar-refractivity contribution in [2.45, 2.75) is 25.8 Å². The first-order valence-corrected chi connectivity index (χ1v) is 5.15. The average molecular weight is 246 g/mol. The molecule has 1 aromatic carbocycles. The van der Waals surface area contributed by atoms with Crippen molar-refractivity contribution in [1.29, 1.82) is 0 Å². The Balaban J connectivity index is 2.84. The minimum absolute atomic E-state index is 0.0485. The van der Waals surface area contributed by atoms with Crippen molar-refractivity contribution >= 4 is 15.9 Å². The van der Waals surface area contributed by atoms with Crippen LogP contribution >= 0.6 is 15.9 Å². The van der Waals surface area contributed by atoms with Gasteiger partial charge < -0.3 is 5.73 Å². The molecule has 0 spiro atoms. The van der Waals surface area contributed by atoms with Gasteiger partial charge in [0.1, 0.15) is 5.82 Å². The van der Waals surface area contributed by atoms with Crippen molar-refractivity contribution in [3.05, 3.63) is 34.1 Å². The third-order valence-corrected chi connectivity index (χ3v) is 2.61. The second kappa shape index (κ2) is 4.72. The van der Waals surface area contributed by atoms with Crippen LogP contribution in [0.5, 0.6) is 0 Å². The first-order valence-electron chi connectivity index (χ1n) is 4.35. The molecule has 0 aliphatic carbocycles. The molecule has 13 heavy (non-hydrogen) atoms. The Labute approximate surface area is 86.3 Å². The molecule has 1 nitrogen and oxygen atoms in total. The molecule has 0 aliphatic heterocycles. The Morgan fingerprint density at radius 2 is 2.23 bits per heavy atom. The van der Waals surface area contributed by atoms with Gasteiger partial charge in [-0.05, 0) is 40.0 Å². The third-order valence-electron chi connectivity index (χ3n) is 1.97. The summed E-state index contributed by atoms with van der Waals surface area (Å²) in [5.74, 6) is -0.246. The van der Waals surface area contributed by atoms with Crippen LogP contribution in [0.15, 0.2) is 22.7 Å². The Hall–Kier alpha value is -0.410. The Kier molecular flexibility index (Phi) is 3.88. The predicted molar refractivity (Wildman–Crippen MR) is 55.9 cm³/mol. The molecular weight excluding hydrogens is 233 g/mol. The van der Waals surface area contributed by atoms with Gasteiger partial charge in [-0.1, -0.05) is 19.4 Å². The minimum Gasteiger partial charge on any atom is -0.324 e. The Morgan fingerprint density at radius 3 is 2.77 bits per heavy atom. The highest BCUT2D eigenvalue weighted by atomic mass is 79.9. The summed E-state index contributed by atoms with van der Waals surface area (Å²) in [7, 11) is 0. The molecule has 2 N–H and O–H groups in total. The van der Waals surface area contributed by atoms with E-state index in [-0.39, 0.29) is 11.9 Å². The molecule has 0 amide bonds. The molecule has 0 bridgehead atoms. The second-order valence-electron chi connectivity index (χ2n) is 3.07. The smallest absolute Gasteiger partial charge is 0.137 e. The molecule has 1 atom stereocenters. The summed E-state index contributed by atoms with van der Waals surface area (Å²) >= 11 is 3.10. The summed E-state index contributed by atoms with van der Waals surface area (Å²) in [6, 6.07) is 4.99. The van der Waals surface area contributed by atoms with Gasteiger partial charge >= 0.3 is 0 Å². The molecule has 0 heterocycles. The van der Waals surface area contributed by atoms with Crippen LogP contribution in [0, 0.1) is 5.82 Å². The lowest BCUT2D eigenvalue weighted by atomic mass is 10.0. The first kappa shape index (κ1) is 10.7. The zero-order chi connectivity index (χ0) is 9.84. The second-order valence-corrected chi connectivity index (χ2v) is 3.92. The molecule has 3 heteroatoms. The number of halogens is 2. The Morgan fingerprint density at radius 1 is 1.54 bits per heavy atom. The quantitative estimate of drug-likeness (QED) is 0.869. The number of hydrogen-bond acceptors (Lipinski definition) is 1. The number of hydrogen-bond donors (Lipinski definition) is 1. The molecule has 72 valence electrons. The molecule has 0 unspecified atom stereocenters. The SMILES string of the molecule is CCC[C@H](N)c1ccc(Br)c(F)c1. The highest BCUT2D eigenvalue weighted by molar-refractivity contribution is 9.10. The third kappa shape index (κ3) is 2.78. The highest BCUT2D eigenvalue weighted by Crippen LogP contribution is 2.21. The van der Waals surface area contributed by atoms with Crippen LogP contribution in [0.2, 0.25) is 0 Å². The van der Waals surface area contributed by atoms with E-state index in [0.717, 1.165) is 18.4 Å². The maximum absolute atomic E-state index is 13.1. The van der Waals surface area contributed by atoms with Crippen LogP contribution in [0.25, 0.3) is 0 Å². The fourth-order valence-corrected chi connectivity index (χ4v) is 1.47. The van der Waals surface area contributed by atoms with Gasteiger partial charge in [-0.3, -0.25) is 0 Å². The van der Waals surface area contributed by atoms with E-state index in [0.29, 0.717) is 4.47 Å². The van der Waals surface area contributed by atoms with Gasteiger partial charge in [-0.15, -0.1) is 0 Å². The Bertz CT molecular complexity index is 288. The molecule has 0 fully saturated rings. The molecule has 0 radical (unpaired) electrons. The standard InChI is InChI=1S/C10H13BrFN/c1-2-3-10(13)7-4-5-8(11)9(12)6-7/h4-6,10H,2-3,13H2,1H3/t10-/m0/s1. The summed E-state index contributed by atoms with van der Waals surface area (Å²) in [5.41, 5.74) is 6.71. The van der Waals surface area contributed by atoms with Gasteiger partial charge in [-0.2, -0.15) is 0 Å². The van der Waals surface area contributed by atoms with Crippen LogP contribution in [0.1, 0.15) is 31.4 Å². The molecular formula is C10H13BrFN. The van der Waals surface area contributed by atoms with E-state index in [9.17, 15) is 4.39 Å². The van der Waals surface area contributed by atoms with E-state index in [2.05, 4.69) is 22.9 Å². The summed E-state index contributed by atoms with van der Waals surface area (Å²) in [6.45, 7) is 2.06. The van der Waals surface area contributed by atoms with Crippen molar-refractivity contribution in [3.63, 3.8) is 0 Å². The van der Waals surface area contributed by atoms with Gasteiger partial charge in [0.05, 0.1) is 4.47 Å². The molecule has 0 aliphatic rings. The van der Waals surface area contributed by atoms with E-state index in [1.165, 1.54) is 6.07 Å². The summed E-state index contributed by atoms with van der Waals surface area (Å²) < 4.78 is 13.6. The largest absolute Gasteiger partial charge is 0.324 e. The van der Waals surface area contributed by atoms with Gasteiger partial charge in [-0.25, -0.2) is 4.39 Å². The lowest BCUT2D eigenvalue weighted by Crippen LogP contribution is -2.09. The van der Waals surface area contributed by atoms with E-state index in [1.807, 2.05) is 6.07 Å². The average Bonchev–Trinajstić information content (AvgIpc) is 2.10. The van der Waals surface area contributed by atoms with Crippen molar-refractivity contribution in [2.24, 2.45) is 5.73 Å². The summed E-state index contributed by atoms with van der Waals surface area (Å²) in [6.07, 6.45) is 1.90.